The van der Waals surface area contributed by atoms with Crippen LogP contribution in [0.25, 0.3) is 0 Å². The van der Waals surface area contributed by atoms with E-state index in [1.165, 1.54) is 6.92 Å². The van der Waals surface area contributed by atoms with Gasteiger partial charge >= 0.3 is 6.03 Å². The van der Waals surface area contributed by atoms with Crippen LogP contribution in [-0.4, -0.2) is 32.1 Å². The summed E-state index contributed by atoms with van der Waals surface area (Å²) in [6, 6.07) is -0.167. The third kappa shape index (κ3) is 8.65. The second-order valence-electron chi connectivity index (χ2n) is 2.70. The van der Waals surface area contributed by atoms with E-state index in [0.29, 0.717) is 13.1 Å². The van der Waals surface area contributed by atoms with Crippen LogP contribution in [0.3, 0.4) is 0 Å². The molecule has 0 fully saturated rings. The van der Waals surface area contributed by atoms with Crippen molar-refractivity contribution in [3.05, 3.63) is 0 Å². The van der Waals surface area contributed by atoms with Crippen LogP contribution >= 0.6 is 0 Å². The third-order valence-electron chi connectivity index (χ3n) is 1.49. The Hall–Kier alpha value is -1.26. The fraction of sp³-hybridized carbons (Fsp3) is 0.750. The molecule has 5 heteroatoms. The van der Waals surface area contributed by atoms with Gasteiger partial charge in [0.15, 0.2) is 0 Å². The van der Waals surface area contributed by atoms with Gasteiger partial charge in [-0.3, -0.25) is 4.79 Å². The van der Waals surface area contributed by atoms with Gasteiger partial charge < -0.3 is 16.0 Å². The Labute approximate surface area is 78.3 Å². The number of hydrogen-bond acceptors (Lipinski definition) is 2. The molecule has 0 saturated heterocycles. The van der Waals surface area contributed by atoms with Crippen LogP contribution in [0.15, 0.2) is 0 Å². The standard InChI is InChI=1S/C8H17N3O2/c1-7(12)10-5-3-4-6-11-8(13)9-2/h3-6H2,1-2H3,(H,10,12)(H2,9,11,13). The maximum Gasteiger partial charge on any atom is 0.314 e. The average Bonchev–Trinajstić information content (AvgIpc) is 2.10. The monoisotopic (exact) mass is 187 g/mol. The smallest absolute Gasteiger partial charge is 0.314 e. The Morgan fingerprint density at radius 1 is 1.08 bits per heavy atom. The fourth-order valence-corrected chi connectivity index (χ4v) is 0.805. The summed E-state index contributed by atoms with van der Waals surface area (Å²) in [5.74, 6) is -0.0146. The Balaban J connectivity index is 3.08. The molecule has 0 aliphatic heterocycles. The maximum absolute atomic E-state index is 10.7. The highest BCUT2D eigenvalue weighted by Crippen LogP contribution is 1.84. The van der Waals surface area contributed by atoms with Crippen LogP contribution in [0, 0.1) is 0 Å². The van der Waals surface area contributed by atoms with Crippen molar-refractivity contribution in [2.45, 2.75) is 19.8 Å². The normalized spacial score (nSPS) is 9.08. The first-order valence-corrected chi connectivity index (χ1v) is 4.37. The van der Waals surface area contributed by atoms with Gasteiger partial charge in [0.2, 0.25) is 5.91 Å². The Bertz CT molecular complexity index is 171. The molecular weight excluding hydrogens is 170 g/mol. The third-order valence-corrected chi connectivity index (χ3v) is 1.49. The lowest BCUT2D eigenvalue weighted by Gasteiger charge is -2.04. The van der Waals surface area contributed by atoms with Gasteiger partial charge in [0.05, 0.1) is 0 Å². The van der Waals surface area contributed by atoms with Crippen molar-refractivity contribution in [3.8, 4) is 0 Å². The van der Waals surface area contributed by atoms with Gasteiger partial charge in [-0.05, 0) is 12.8 Å². The SMILES string of the molecule is CNC(=O)NCCCCNC(C)=O. The van der Waals surface area contributed by atoms with Crippen molar-refractivity contribution in [1.82, 2.24) is 16.0 Å². The average molecular weight is 187 g/mol. The molecule has 0 rings (SSSR count). The van der Waals surface area contributed by atoms with Crippen molar-refractivity contribution >= 4 is 11.9 Å². The summed E-state index contributed by atoms with van der Waals surface area (Å²) in [4.78, 5) is 21.1. The van der Waals surface area contributed by atoms with Crippen LogP contribution in [0.4, 0.5) is 4.79 Å². The summed E-state index contributed by atoms with van der Waals surface area (Å²) in [6.45, 7) is 2.80. The molecule has 3 amide bonds. The first-order chi connectivity index (χ1) is 6.16. The molecule has 0 heterocycles. The lowest BCUT2D eigenvalue weighted by Crippen LogP contribution is -2.33. The molecule has 0 spiro atoms. The zero-order chi connectivity index (χ0) is 10.1. The highest BCUT2D eigenvalue weighted by Gasteiger charge is 1.94. The van der Waals surface area contributed by atoms with Crippen molar-refractivity contribution in [1.29, 1.82) is 0 Å². The van der Waals surface area contributed by atoms with Gasteiger partial charge in [0.25, 0.3) is 0 Å². The molecule has 0 bridgehead atoms. The molecule has 0 aromatic heterocycles. The summed E-state index contributed by atoms with van der Waals surface area (Å²) in [5.41, 5.74) is 0. The molecule has 0 aliphatic carbocycles. The molecular formula is C8H17N3O2. The lowest BCUT2D eigenvalue weighted by atomic mass is 10.3. The fourth-order valence-electron chi connectivity index (χ4n) is 0.805. The highest BCUT2D eigenvalue weighted by atomic mass is 16.2. The summed E-state index contributed by atoms with van der Waals surface area (Å²) in [5, 5.41) is 7.79. The predicted octanol–water partition coefficient (Wildman–Crippen LogP) is -0.168. The molecule has 0 radical (unpaired) electrons. The van der Waals surface area contributed by atoms with Crippen LogP contribution < -0.4 is 16.0 Å². The zero-order valence-electron chi connectivity index (χ0n) is 8.14. The van der Waals surface area contributed by atoms with Crippen LogP contribution in [-0.2, 0) is 4.79 Å². The minimum atomic E-state index is -0.167. The molecule has 0 aromatic carbocycles. The molecule has 0 unspecified atom stereocenters. The largest absolute Gasteiger partial charge is 0.356 e. The number of nitrogens with one attached hydrogen (secondary N) is 3. The van der Waals surface area contributed by atoms with E-state index in [0.717, 1.165) is 12.8 Å². The predicted molar refractivity (Wildman–Crippen MR) is 50.4 cm³/mol. The number of hydrogen-bond donors (Lipinski definition) is 3. The number of unbranched alkanes of at least 4 members (excludes halogenated alkanes) is 1. The lowest BCUT2D eigenvalue weighted by molar-refractivity contribution is -0.118. The van der Waals surface area contributed by atoms with Gasteiger partial charge in [-0.15, -0.1) is 0 Å². The van der Waals surface area contributed by atoms with E-state index in [-0.39, 0.29) is 11.9 Å². The molecule has 0 atom stereocenters. The number of carbonyl (C=O) groups excluding carboxylic acids is 2. The van der Waals surface area contributed by atoms with E-state index in [2.05, 4.69) is 16.0 Å². The number of amides is 3. The van der Waals surface area contributed by atoms with E-state index in [1.54, 1.807) is 7.05 Å². The molecule has 76 valence electrons. The minimum Gasteiger partial charge on any atom is -0.356 e. The van der Waals surface area contributed by atoms with Crippen molar-refractivity contribution in [2.24, 2.45) is 0 Å². The summed E-state index contributed by atoms with van der Waals surface area (Å²) in [7, 11) is 1.58. The Kier molecular flexibility index (Phi) is 6.68. The molecule has 13 heavy (non-hydrogen) atoms. The molecule has 0 aliphatic rings. The van der Waals surface area contributed by atoms with Gasteiger partial charge in [0, 0.05) is 27.1 Å². The second kappa shape index (κ2) is 7.39. The summed E-state index contributed by atoms with van der Waals surface area (Å²) >= 11 is 0. The number of rotatable bonds is 5. The van der Waals surface area contributed by atoms with Crippen LogP contribution in [0.5, 0.6) is 0 Å². The van der Waals surface area contributed by atoms with E-state index in [9.17, 15) is 9.59 Å². The van der Waals surface area contributed by atoms with Crippen molar-refractivity contribution in [3.63, 3.8) is 0 Å². The molecule has 0 aromatic rings. The first-order valence-electron chi connectivity index (χ1n) is 4.37. The van der Waals surface area contributed by atoms with Crippen LogP contribution in [0.2, 0.25) is 0 Å². The van der Waals surface area contributed by atoms with Crippen molar-refractivity contribution < 1.29 is 9.59 Å². The maximum atomic E-state index is 10.7. The van der Waals surface area contributed by atoms with Gasteiger partial charge in [0.1, 0.15) is 0 Å². The van der Waals surface area contributed by atoms with Gasteiger partial charge in [-0.2, -0.15) is 0 Å². The van der Waals surface area contributed by atoms with Gasteiger partial charge in [-0.25, -0.2) is 4.79 Å². The van der Waals surface area contributed by atoms with E-state index < -0.39 is 0 Å². The van der Waals surface area contributed by atoms with E-state index >= 15 is 0 Å². The zero-order valence-corrected chi connectivity index (χ0v) is 8.14. The molecule has 5 nitrogen and oxygen atoms in total. The molecule has 3 N–H and O–H groups in total. The number of carbonyl (C=O) groups is 2. The molecule has 0 saturated carbocycles. The quantitative estimate of drug-likeness (QED) is 0.523. The minimum absolute atomic E-state index is 0.0146. The van der Waals surface area contributed by atoms with E-state index in [1.807, 2.05) is 0 Å². The number of urea groups is 1. The first kappa shape index (κ1) is 11.7. The Morgan fingerprint density at radius 3 is 2.08 bits per heavy atom. The summed E-state index contributed by atoms with van der Waals surface area (Å²) < 4.78 is 0. The Morgan fingerprint density at radius 2 is 1.62 bits per heavy atom. The topological polar surface area (TPSA) is 70.2 Å². The van der Waals surface area contributed by atoms with Crippen LogP contribution in [0.1, 0.15) is 19.8 Å². The highest BCUT2D eigenvalue weighted by molar-refractivity contribution is 5.73. The summed E-state index contributed by atoms with van der Waals surface area (Å²) in [6.07, 6.45) is 1.75. The van der Waals surface area contributed by atoms with Gasteiger partial charge in [-0.1, -0.05) is 0 Å². The second-order valence-corrected chi connectivity index (χ2v) is 2.70. The van der Waals surface area contributed by atoms with Crippen molar-refractivity contribution in [2.75, 3.05) is 20.1 Å². The van der Waals surface area contributed by atoms with E-state index in [4.69, 9.17) is 0 Å².